The summed E-state index contributed by atoms with van der Waals surface area (Å²) in [7, 11) is 0. The van der Waals surface area contributed by atoms with Crippen LogP contribution in [0.1, 0.15) is 49.8 Å². The van der Waals surface area contributed by atoms with Crippen LogP contribution in [0.4, 0.5) is 5.13 Å². The third kappa shape index (κ3) is 2.63. The molecule has 0 bridgehead atoms. The number of carbonyl (C=O) groups is 1. The highest BCUT2D eigenvalue weighted by Gasteiger charge is 2.31. The zero-order valence-corrected chi connectivity index (χ0v) is 12.0. The van der Waals surface area contributed by atoms with Crippen molar-refractivity contribution in [3.63, 3.8) is 0 Å². The number of likely N-dealkylation sites (tertiary alicyclic amines) is 1. The lowest BCUT2D eigenvalue weighted by Crippen LogP contribution is -2.47. The summed E-state index contributed by atoms with van der Waals surface area (Å²) in [6.45, 7) is 7.01. The van der Waals surface area contributed by atoms with Gasteiger partial charge in [0.15, 0.2) is 0 Å². The fourth-order valence-corrected chi connectivity index (χ4v) is 3.22. The molecule has 0 saturated carbocycles. The third-order valence-corrected chi connectivity index (χ3v) is 4.23. The molecule has 1 amide bonds. The van der Waals surface area contributed by atoms with Crippen molar-refractivity contribution in [1.29, 1.82) is 0 Å². The molecule has 1 saturated heterocycles. The summed E-state index contributed by atoms with van der Waals surface area (Å²) in [5.41, 5.74) is 0. The number of anilines is 1. The predicted octanol–water partition coefficient (Wildman–Crippen LogP) is 2.37. The van der Waals surface area contributed by atoms with Crippen LogP contribution in [0.15, 0.2) is 0 Å². The highest BCUT2D eigenvalue weighted by molar-refractivity contribution is 7.17. The highest BCUT2D eigenvalue weighted by Crippen LogP contribution is 2.26. The monoisotopic (exact) mass is 268 g/mol. The number of rotatable bonds is 3. The molecule has 1 aromatic heterocycles. The Morgan fingerprint density at radius 3 is 2.67 bits per heavy atom. The second-order valence-electron chi connectivity index (χ2n) is 4.78. The summed E-state index contributed by atoms with van der Waals surface area (Å²) in [5, 5.41) is 12.3. The average molecular weight is 268 g/mol. The minimum atomic E-state index is 0.0244. The van der Waals surface area contributed by atoms with Crippen molar-refractivity contribution in [1.82, 2.24) is 15.1 Å². The molecule has 0 spiro atoms. The van der Waals surface area contributed by atoms with E-state index < -0.39 is 0 Å². The Labute approximate surface area is 112 Å². The van der Waals surface area contributed by atoms with Crippen LogP contribution >= 0.6 is 11.3 Å². The summed E-state index contributed by atoms with van der Waals surface area (Å²) in [6.07, 6.45) is 3.36. The summed E-state index contributed by atoms with van der Waals surface area (Å²) in [5.74, 6) is 0.0244. The number of aromatic nitrogens is 2. The van der Waals surface area contributed by atoms with Gasteiger partial charge < -0.3 is 10.2 Å². The SMILES string of the molecule is CCNc1nnc(C(=O)N2C(C)CCCC2C)s1. The first-order chi connectivity index (χ1) is 8.63. The van der Waals surface area contributed by atoms with Gasteiger partial charge in [0.2, 0.25) is 10.1 Å². The molecule has 0 aromatic carbocycles. The minimum Gasteiger partial charge on any atom is -0.360 e. The number of hydrogen-bond donors (Lipinski definition) is 1. The van der Waals surface area contributed by atoms with Crippen LogP contribution < -0.4 is 5.32 Å². The zero-order chi connectivity index (χ0) is 13.1. The van der Waals surface area contributed by atoms with E-state index in [1.165, 1.54) is 17.8 Å². The average Bonchev–Trinajstić information content (AvgIpc) is 2.78. The Morgan fingerprint density at radius 2 is 2.06 bits per heavy atom. The number of piperidine rings is 1. The van der Waals surface area contributed by atoms with E-state index in [0.29, 0.717) is 17.1 Å². The van der Waals surface area contributed by atoms with Crippen LogP contribution in [0.5, 0.6) is 0 Å². The molecule has 2 atom stereocenters. The lowest BCUT2D eigenvalue weighted by molar-refractivity contribution is 0.0509. The second-order valence-corrected chi connectivity index (χ2v) is 5.76. The van der Waals surface area contributed by atoms with Gasteiger partial charge in [-0.15, -0.1) is 10.2 Å². The van der Waals surface area contributed by atoms with Crippen LogP contribution in [0.3, 0.4) is 0 Å². The third-order valence-electron chi connectivity index (χ3n) is 3.36. The van der Waals surface area contributed by atoms with Crippen LogP contribution in [0.2, 0.25) is 0 Å². The van der Waals surface area contributed by atoms with Crippen LogP contribution in [-0.4, -0.2) is 39.6 Å². The number of carbonyl (C=O) groups excluding carboxylic acids is 1. The van der Waals surface area contributed by atoms with Gasteiger partial charge in [-0.1, -0.05) is 11.3 Å². The summed E-state index contributed by atoms with van der Waals surface area (Å²) >= 11 is 1.34. The minimum absolute atomic E-state index is 0.0244. The Bertz CT molecular complexity index is 410. The first-order valence-electron chi connectivity index (χ1n) is 6.53. The molecule has 1 N–H and O–H groups in total. The molecule has 0 radical (unpaired) electrons. The van der Waals surface area contributed by atoms with E-state index in [-0.39, 0.29) is 5.91 Å². The molecule has 6 heteroatoms. The van der Waals surface area contributed by atoms with Crippen LogP contribution in [-0.2, 0) is 0 Å². The molecule has 1 aliphatic heterocycles. The van der Waals surface area contributed by atoms with Crippen molar-refractivity contribution in [2.24, 2.45) is 0 Å². The predicted molar refractivity (Wildman–Crippen MR) is 73.0 cm³/mol. The van der Waals surface area contributed by atoms with Crippen molar-refractivity contribution in [2.75, 3.05) is 11.9 Å². The second kappa shape index (κ2) is 5.65. The van der Waals surface area contributed by atoms with Crippen molar-refractivity contribution in [3.05, 3.63) is 5.01 Å². The first-order valence-corrected chi connectivity index (χ1v) is 7.35. The fraction of sp³-hybridized carbons (Fsp3) is 0.750. The van der Waals surface area contributed by atoms with Crippen molar-refractivity contribution >= 4 is 22.4 Å². The molecule has 2 heterocycles. The largest absolute Gasteiger partial charge is 0.360 e. The van der Waals surface area contributed by atoms with E-state index in [1.807, 2.05) is 11.8 Å². The van der Waals surface area contributed by atoms with Crippen LogP contribution in [0.25, 0.3) is 0 Å². The van der Waals surface area contributed by atoms with Crippen molar-refractivity contribution in [3.8, 4) is 0 Å². The molecule has 0 aliphatic carbocycles. The fourth-order valence-electron chi connectivity index (χ4n) is 2.46. The quantitative estimate of drug-likeness (QED) is 0.914. The van der Waals surface area contributed by atoms with Crippen LogP contribution in [0, 0.1) is 0 Å². The van der Waals surface area contributed by atoms with E-state index in [2.05, 4.69) is 29.4 Å². The van der Waals surface area contributed by atoms with E-state index in [4.69, 9.17) is 0 Å². The topological polar surface area (TPSA) is 58.1 Å². The van der Waals surface area contributed by atoms with Gasteiger partial charge >= 0.3 is 0 Å². The number of hydrogen-bond acceptors (Lipinski definition) is 5. The maximum atomic E-state index is 12.4. The normalized spacial score (nSPS) is 24.1. The molecule has 2 unspecified atom stereocenters. The standard InChI is InChI=1S/C12H20N4OS/c1-4-13-12-15-14-10(18-12)11(17)16-8(2)6-5-7-9(16)3/h8-9H,4-7H2,1-3H3,(H,13,15). The lowest BCUT2D eigenvalue weighted by Gasteiger charge is -2.38. The first kappa shape index (κ1) is 13.3. The molecule has 1 aliphatic rings. The molecule has 100 valence electrons. The van der Waals surface area contributed by atoms with Crippen molar-refractivity contribution in [2.45, 2.75) is 52.1 Å². The lowest BCUT2D eigenvalue weighted by atomic mass is 9.97. The molecule has 18 heavy (non-hydrogen) atoms. The molecule has 5 nitrogen and oxygen atoms in total. The van der Waals surface area contributed by atoms with Gasteiger partial charge in [-0.3, -0.25) is 4.79 Å². The smallest absolute Gasteiger partial charge is 0.285 e. The summed E-state index contributed by atoms with van der Waals surface area (Å²) in [4.78, 5) is 14.4. The van der Waals surface area contributed by atoms with E-state index in [0.717, 1.165) is 24.5 Å². The Hall–Kier alpha value is -1.17. The molecule has 1 fully saturated rings. The number of nitrogens with zero attached hydrogens (tertiary/aromatic N) is 3. The highest BCUT2D eigenvalue weighted by atomic mass is 32.1. The molecule has 2 rings (SSSR count). The number of nitrogens with one attached hydrogen (secondary N) is 1. The van der Waals surface area contributed by atoms with Gasteiger partial charge in [0.1, 0.15) is 0 Å². The van der Waals surface area contributed by atoms with Gasteiger partial charge in [-0.2, -0.15) is 0 Å². The van der Waals surface area contributed by atoms with E-state index >= 15 is 0 Å². The van der Waals surface area contributed by atoms with Gasteiger partial charge in [-0.25, -0.2) is 0 Å². The number of amides is 1. The Morgan fingerprint density at radius 1 is 1.39 bits per heavy atom. The summed E-state index contributed by atoms with van der Waals surface area (Å²) < 4.78 is 0. The Balaban J connectivity index is 2.13. The molecule has 1 aromatic rings. The van der Waals surface area contributed by atoms with Crippen molar-refractivity contribution < 1.29 is 4.79 Å². The van der Waals surface area contributed by atoms with Gasteiger partial charge in [-0.05, 0) is 40.0 Å². The van der Waals surface area contributed by atoms with E-state index in [1.54, 1.807) is 0 Å². The van der Waals surface area contributed by atoms with Gasteiger partial charge in [0.05, 0.1) is 0 Å². The van der Waals surface area contributed by atoms with Gasteiger partial charge in [0, 0.05) is 18.6 Å². The van der Waals surface area contributed by atoms with Gasteiger partial charge in [0.25, 0.3) is 5.91 Å². The maximum absolute atomic E-state index is 12.4. The molecular weight excluding hydrogens is 248 g/mol. The molecular formula is C12H20N4OS. The zero-order valence-electron chi connectivity index (χ0n) is 11.1. The Kier molecular flexibility index (Phi) is 4.16. The summed E-state index contributed by atoms with van der Waals surface area (Å²) in [6, 6.07) is 0.598. The maximum Gasteiger partial charge on any atom is 0.285 e. The van der Waals surface area contributed by atoms with E-state index in [9.17, 15) is 4.79 Å².